The number of fused-ring (bicyclic) bond motifs is 1. The summed E-state index contributed by atoms with van der Waals surface area (Å²) in [6.45, 7) is 7.94. The minimum atomic E-state index is 0.0205. The van der Waals surface area contributed by atoms with Gasteiger partial charge in [0.15, 0.2) is 0 Å². The highest BCUT2D eigenvalue weighted by molar-refractivity contribution is 6.06. The quantitative estimate of drug-likeness (QED) is 0.639. The number of rotatable bonds is 5. The number of aromatic nitrogens is 2. The lowest BCUT2D eigenvalue weighted by Gasteiger charge is -2.32. The topological polar surface area (TPSA) is 68.5 Å². The fourth-order valence-electron chi connectivity index (χ4n) is 3.76. The fraction of sp³-hybridized carbons (Fsp3) is 0.435. The van der Waals surface area contributed by atoms with Crippen molar-refractivity contribution in [3.8, 4) is 0 Å². The van der Waals surface area contributed by atoms with Gasteiger partial charge in [0.25, 0.3) is 11.6 Å². The second-order valence-electron chi connectivity index (χ2n) is 7.99. The summed E-state index contributed by atoms with van der Waals surface area (Å²) < 4.78 is 11.4. The lowest BCUT2D eigenvalue weighted by Crippen LogP contribution is -2.41. The van der Waals surface area contributed by atoms with E-state index in [0.29, 0.717) is 36.7 Å². The first-order valence-electron chi connectivity index (χ1n) is 10.2. The third-order valence-corrected chi connectivity index (χ3v) is 5.52. The van der Waals surface area contributed by atoms with Gasteiger partial charge in [-0.1, -0.05) is 49.3 Å². The van der Waals surface area contributed by atoms with E-state index in [1.165, 1.54) is 5.56 Å². The minimum absolute atomic E-state index is 0.0205. The SMILES string of the molecule is Cc1noc2nc(C(C)C)cc(C(=O)N3CCC(OCc4ccccc4)CC3)c12. The summed E-state index contributed by atoms with van der Waals surface area (Å²) in [5.41, 5.74) is 3.80. The Morgan fingerprint density at radius 3 is 2.66 bits per heavy atom. The molecule has 3 aromatic rings. The van der Waals surface area contributed by atoms with Crippen LogP contribution in [0.1, 0.15) is 59.9 Å². The first kappa shape index (κ1) is 19.6. The molecule has 0 saturated carbocycles. The van der Waals surface area contributed by atoms with Crippen molar-refractivity contribution in [2.24, 2.45) is 0 Å². The summed E-state index contributed by atoms with van der Waals surface area (Å²) in [5.74, 6) is 0.223. The molecule has 0 aliphatic carbocycles. The second kappa shape index (κ2) is 8.33. The molecule has 29 heavy (non-hydrogen) atoms. The van der Waals surface area contributed by atoms with Gasteiger partial charge < -0.3 is 14.2 Å². The zero-order chi connectivity index (χ0) is 20.4. The number of piperidine rings is 1. The molecule has 1 saturated heterocycles. The standard InChI is InChI=1S/C23H27N3O3/c1-15(2)20-13-19(21-16(3)25-29-22(21)24-20)23(27)26-11-9-18(10-12-26)28-14-17-7-5-4-6-8-17/h4-8,13,15,18H,9-12,14H2,1-3H3. The summed E-state index contributed by atoms with van der Waals surface area (Å²) in [4.78, 5) is 19.8. The van der Waals surface area contributed by atoms with Crippen molar-refractivity contribution in [3.05, 3.63) is 58.9 Å². The molecular weight excluding hydrogens is 366 g/mol. The van der Waals surface area contributed by atoms with Gasteiger partial charge in [0.2, 0.25) is 0 Å². The van der Waals surface area contributed by atoms with Crippen molar-refractivity contribution < 1.29 is 14.1 Å². The third-order valence-electron chi connectivity index (χ3n) is 5.52. The van der Waals surface area contributed by atoms with Crippen molar-refractivity contribution in [2.45, 2.75) is 52.2 Å². The van der Waals surface area contributed by atoms with Gasteiger partial charge in [-0.3, -0.25) is 4.79 Å². The molecule has 0 unspecified atom stereocenters. The molecule has 4 rings (SSSR count). The summed E-state index contributed by atoms with van der Waals surface area (Å²) in [5, 5.41) is 4.75. The second-order valence-corrected chi connectivity index (χ2v) is 7.99. The van der Waals surface area contributed by atoms with Crippen molar-refractivity contribution in [1.82, 2.24) is 15.0 Å². The predicted octanol–water partition coefficient (Wildman–Crippen LogP) is 4.48. The average Bonchev–Trinajstić information content (AvgIpc) is 3.13. The first-order chi connectivity index (χ1) is 14.0. The number of aryl methyl sites for hydroxylation is 1. The van der Waals surface area contributed by atoms with Crippen LogP contribution < -0.4 is 0 Å². The molecular formula is C23H27N3O3. The van der Waals surface area contributed by atoms with Crippen molar-refractivity contribution in [1.29, 1.82) is 0 Å². The molecule has 1 amide bonds. The Balaban J connectivity index is 1.45. The number of carbonyl (C=O) groups is 1. The van der Waals surface area contributed by atoms with E-state index in [4.69, 9.17) is 9.26 Å². The molecule has 1 aliphatic heterocycles. The first-order valence-corrected chi connectivity index (χ1v) is 10.2. The normalized spacial score (nSPS) is 15.4. The van der Waals surface area contributed by atoms with Crippen LogP contribution in [0.2, 0.25) is 0 Å². The largest absolute Gasteiger partial charge is 0.373 e. The Kier molecular flexibility index (Phi) is 5.62. The van der Waals surface area contributed by atoms with E-state index in [1.54, 1.807) is 0 Å². The van der Waals surface area contributed by atoms with Gasteiger partial charge in [-0.15, -0.1) is 0 Å². The van der Waals surface area contributed by atoms with Gasteiger partial charge in [-0.2, -0.15) is 0 Å². The van der Waals surface area contributed by atoms with E-state index in [0.717, 1.165) is 23.9 Å². The van der Waals surface area contributed by atoms with Gasteiger partial charge in [0.05, 0.1) is 29.4 Å². The maximum atomic E-state index is 13.3. The highest BCUT2D eigenvalue weighted by Crippen LogP contribution is 2.27. The number of benzene rings is 1. The molecule has 1 aromatic carbocycles. The van der Waals surface area contributed by atoms with Crippen LogP contribution >= 0.6 is 0 Å². The third kappa shape index (κ3) is 4.17. The molecule has 0 radical (unpaired) electrons. The van der Waals surface area contributed by atoms with E-state index in [9.17, 15) is 4.79 Å². The van der Waals surface area contributed by atoms with E-state index in [-0.39, 0.29) is 17.9 Å². The number of nitrogens with zero attached hydrogens (tertiary/aromatic N) is 3. The van der Waals surface area contributed by atoms with E-state index >= 15 is 0 Å². The van der Waals surface area contributed by atoms with Crippen LogP contribution in [0.25, 0.3) is 11.1 Å². The molecule has 0 spiro atoms. The van der Waals surface area contributed by atoms with Crippen molar-refractivity contribution in [3.63, 3.8) is 0 Å². The zero-order valence-electron chi connectivity index (χ0n) is 17.2. The predicted molar refractivity (Wildman–Crippen MR) is 111 cm³/mol. The fourth-order valence-corrected chi connectivity index (χ4v) is 3.76. The molecule has 0 bridgehead atoms. The maximum absolute atomic E-state index is 13.3. The van der Waals surface area contributed by atoms with E-state index < -0.39 is 0 Å². The molecule has 152 valence electrons. The Bertz CT molecular complexity index is 989. The van der Waals surface area contributed by atoms with Crippen LogP contribution in [0.15, 0.2) is 40.9 Å². The van der Waals surface area contributed by atoms with E-state index in [2.05, 4.69) is 36.1 Å². The molecule has 3 heterocycles. The van der Waals surface area contributed by atoms with E-state index in [1.807, 2.05) is 36.1 Å². The Hall–Kier alpha value is -2.73. The molecule has 1 aliphatic rings. The van der Waals surface area contributed by atoms with Gasteiger partial charge in [-0.25, -0.2) is 4.98 Å². The van der Waals surface area contributed by atoms with Gasteiger partial charge in [-0.05, 0) is 37.3 Å². The van der Waals surface area contributed by atoms with Gasteiger partial charge in [0.1, 0.15) is 0 Å². The minimum Gasteiger partial charge on any atom is -0.373 e. The number of pyridine rings is 1. The summed E-state index contributed by atoms with van der Waals surface area (Å²) in [6, 6.07) is 12.1. The summed E-state index contributed by atoms with van der Waals surface area (Å²) in [7, 11) is 0. The molecule has 2 aromatic heterocycles. The number of carbonyl (C=O) groups excluding carboxylic acids is 1. The van der Waals surface area contributed by atoms with Gasteiger partial charge >= 0.3 is 0 Å². The number of hydrogen-bond acceptors (Lipinski definition) is 5. The molecule has 0 atom stereocenters. The molecule has 1 fully saturated rings. The number of likely N-dealkylation sites (tertiary alicyclic amines) is 1. The Labute approximate surface area is 170 Å². The smallest absolute Gasteiger partial charge is 0.259 e. The van der Waals surface area contributed by atoms with Crippen LogP contribution in [0.4, 0.5) is 0 Å². The summed E-state index contributed by atoms with van der Waals surface area (Å²) >= 11 is 0. The van der Waals surface area contributed by atoms with Gasteiger partial charge in [0, 0.05) is 18.8 Å². The molecule has 6 nitrogen and oxygen atoms in total. The van der Waals surface area contributed by atoms with Crippen LogP contribution in [-0.2, 0) is 11.3 Å². The van der Waals surface area contributed by atoms with Crippen molar-refractivity contribution >= 4 is 17.0 Å². The number of hydrogen-bond donors (Lipinski definition) is 0. The highest BCUT2D eigenvalue weighted by Gasteiger charge is 2.27. The number of ether oxygens (including phenoxy) is 1. The van der Waals surface area contributed by atoms with Crippen LogP contribution in [0.3, 0.4) is 0 Å². The zero-order valence-corrected chi connectivity index (χ0v) is 17.2. The van der Waals surface area contributed by atoms with Crippen LogP contribution in [0, 0.1) is 6.92 Å². The lowest BCUT2D eigenvalue weighted by atomic mass is 10.0. The Morgan fingerprint density at radius 1 is 1.24 bits per heavy atom. The van der Waals surface area contributed by atoms with Crippen LogP contribution in [-0.4, -0.2) is 40.1 Å². The van der Waals surface area contributed by atoms with Crippen molar-refractivity contribution in [2.75, 3.05) is 13.1 Å². The Morgan fingerprint density at radius 2 is 1.97 bits per heavy atom. The molecule has 6 heteroatoms. The maximum Gasteiger partial charge on any atom is 0.259 e. The van der Waals surface area contributed by atoms with Crippen LogP contribution in [0.5, 0.6) is 0 Å². The highest BCUT2D eigenvalue weighted by atomic mass is 16.5. The average molecular weight is 393 g/mol. The molecule has 0 N–H and O–H groups in total. The monoisotopic (exact) mass is 393 g/mol. The number of amides is 1. The summed E-state index contributed by atoms with van der Waals surface area (Å²) in [6.07, 6.45) is 1.86. The lowest BCUT2D eigenvalue weighted by molar-refractivity contribution is -0.000341.